The lowest BCUT2D eigenvalue weighted by molar-refractivity contribution is 0.145. The highest BCUT2D eigenvalue weighted by Crippen LogP contribution is 2.30. The third-order valence-corrected chi connectivity index (χ3v) is 2.88. The summed E-state index contributed by atoms with van der Waals surface area (Å²) in [5.74, 6) is -1.80. The lowest BCUT2D eigenvalue weighted by Crippen LogP contribution is -2.36. The van der Waals surface area contributed by atoms with Crippen LogP contribution >= 0.6 is 0 Å². The smallest absolute Gasteiger partial charge is 0.184 e. The van der Waals surface area contributed by atoms with Crippen molar-refractivity contribution in [3.8, 4) is 0 Å². The van der Waals surface area contributed by atoms with E-state index in [1.807, 2.05) is 0 Å². The quantitative estimate of drug-likeness (QED) is 0.716. The first-order valence-electron chi connectivity index (χ1n) is 5.26. The molecule has 1 aromatic rings. The van der Waals surface area contributed by atoms with E-state index in [-0.39, 0.29) is 17.5 Å². The summed E-state index contributed by atoms with van der Waals surface area (Å²) in [5.41, 5.74) is 5.99. The summed E-state index contributed by atoms with van der Waals surface area (Å²) in [5, 5.41) is 9.34. The van der Waals surface area contributed by atoms with Crippen LogP contribution in [0.4, 0.5) is 20.2 Å². The highest BCUT2D eigenvalue weighted by molar-refractivity contribution is 5.68. The first-order chi connectivity index (χ1) is 7.59. The average molecular weight is 228 g/mol. The molecule has 1 heterocycles. The van der Waals surface area contributed by atoms with Crippen LogP contribution in [0.1, 0.15) is 12.8 Å². The number of benzene rings is 1. The predicted molar refractivity (Wildman–Crippen MR) is 58.2 cm³/mol. The van der Waals surface area contributed by atoms with Crippen molar-refractivity contribution >= 4 is 11.4 Å². The fourth-order valence-electron chi connectivity index (χ4n) is 1.97. The van der Waals surface area contributed by atoms with E-state index in [1.54, 1.807) is 4.90 Å². The van der Waals surface area contributed by atoms with Gasteiger partial charge in [0.05, 0.1) is 17.5 Å². The summed E-state index contributed by atoms with van der Waals surface area (Å²) < 4.78 is 26.7. The van der Waals surface area contributed by atoms with E-state index < -0.39 is 11.6 Å². The molecule has 0 saturated carbocycles. The van der Waals surface area contributed by atoms with Crippen molar-refractivity contribution in [3.05, 3.63) is 23.8 Å². The van der Waals surface area contributed by atoms with Crippen LogP contribution in [0.25, 0.3) is 0 Å². The van der Waals surface area contributed by atoms with Crippen molar-refractivity contribution in [2.45, 2.75) is 18.9 Å². The molecule has 5 heteroatoms. The van der Waals surface area contributed by atoms with E-state index in [9.17, 15) is 13.9 Å². The fourth-order valence-corrected chi connectivity index (χ4v) is 1.97. The molecule has 0 unspecified atom stereocenters. The van der Waals surface area contributed by atoms with Gasteiger partial charge in [-0.1, -0.05) is 0 Å². The van der Waals surface area contributed by atoms with Gasteiger partial charge in [-0.05, 0) is 25.0 Å². The summed E-state index contributed by atoms with van der Waals surface area (Å²) >= 11 is 0. The molecule has 0 amide bonds. The second kappa shape index (κ2) is 4.25. The summed E-state index contributed by atoms with van der Waals surface area (Å²) in [6, 6.07) is 2.38. The minimum Gasteiger partial charge on any atom is -0.397 e. The van der Waals surface area contributed by atoms with Gasteiger partial charge < -0.3 is 15.7 Å². The highest BCUT2D eigenvalue weighted by atomic mass is 19.2. The van der Waals surface area contributed by atoms with Crippen LogP contribution in [0.15, 0.2) is 12.1 Å². The molecule has 1 fully saturated rings. The molecule has 0 bridgehead atoms. The van der Waals surface area contributed by atoms with Crippen molar-refractivity contribution in [1.29, 1.82) is 0 Å². The van der Waals surface area contributed by atoms with Crippen molar-refractivity contribution in [2.24, 2.45) is 0 Å². The summed E-state index contributed by atoms with van der Waals surface area (Å²) in [6.45, 7) is 0.984. The normalized spacial score (nSPS) is 17.8. The molecule has 1 aliphatic heterocycles. The van der Waals surface area contributed by atoms with Crippen LogP contribution in [-0.2, 0) is 0 Å². The average Bonchev–Trinajstić information content (AvgIpc) is 2.27. The summed E-state index contributed by atoms with van der Waals surface area (Å²) in [6.07, 6.45) is 0.749. The molecule has 1 aromatic carbocycles. The van der Waals surface area contributed by atoms with E-state index in [0.29, 0.717) is 25.9 Å². The Kier molecular flexibility index (Phi) is 2.96. The van der Waals surface area contributed by atoms with Gasteiger partial charge in [0.15, 0.2) is 11.6 Å². The van der Waals surface area contributed by atoms with Crippen LogP contribution in [0.2, 0.25) is 0 Å². The van der Waals surface area contributed by atoms with E-state index in [2.05, 4.69) is 0 Å². The minimum absolute atomic E-state index is 0.118. The molecule has 3 N–H and O–H groups in total. The van der Waals surface area contributed by atoms with Crippen LogP contribution in [-0.4, -0.2) is 24.3 Å². The van der Waals surface area contributed by atoms with E-state index in [1.165, 1.54) is 6.07 Å². The molecule has 0 aliphatic carbocycles. The Morgan fingerprint density at radius 1 is 1.25 bits per heavy atom. The number of hydrogen-bond donors (Lipinski definition) is 2. The van der Waals surface area contributed by atoms with Gasteiger partial charge in [-0.3, -0.25) is 0 Å². The predicted octanol–water partition coefficient (Wildman–Crippen LogP) is 1.51. The van der Waals surface area contributed by atoms with E-state index in [4.69, 9.17) is 5.73 Å². The number of piperidine rings is 1. The number of aliphatic hydroxyl groups is 1. The van der Waals surface area contributed by atoms with Gasteiger partial charge in [-0.15, -0.1) is 0 Å². The Balaban J connectivity index is 2.29. The van der Waals surface area contributed by atoms with Crippen LogP contribution in [0, 0.1) is 11.6 Å². The first kappa shape index (κ1) is 11.1. The van der Waals surface area contributed by atoms with Gasteiger partial charge in [-0.25, -0.2) is 8.78 Å². The summed E-state index contributed by atoms with van der Waals surface area (Å²) in [4.78, 5) is 1.68. The topological polar surface area (TPSA) is 49.5 Å². The number of nitrogens with zero attached hydrogens (tertiary/aromatic N) is 1. The van der Waals surface area contributed by atoms with Gasteiger partial charge in [-0.2, -0.15) is 0 Å². The Labute approximate surface area is 92.5 Å². The SMILES string of the molecule is Nc1ccc(F)c(F)c1N1CCC(O)CC1. The standard InChI is InChI=1S/C11H14F2N2O/c12-8-1-2-9(14)11(10(8)13)15-5-3-7(16)4-6-15/h1-2,7,16H,3-6,14H2. The number of aliphatic hydroxyl groups excluding tert-OH is 1. The second-order valence-corrected chi connectivity index (χ2v) is 4.02. The monoisotopic (exact) mass is 228 g/mol. The zero-order chi connectivity index (χ0) is 11.7. The Morgan fingerprint density at radius 3 is 2.50 bits per heavy atom. The maximum absolute atomic E-state index is 13.6. The Morgan fingerprint density at radius 2 is 1.88 bits per heavy atom. The first-order valence-corrected chi connectivity index (χ1v) is 5.26. The molecule has 0 atom stereocenters. The molecular weight excluding hydrogens is 214 g/mol. The lowest BCUT2D eigenvalue weighted by atomic mass is 10.1. The molecule has 3 nitrogen and oxygen atoms in total. The molecule has 0 aromatic heterocycles. The van der Waals surface area contributed by atoms with E-state index in [0.717, 1.165) is 6.07 Å². The highest BCUT2D eigenvalue weighted by Gasteiger charge is 2.23. The molecule has 16 heavy (non-hydrogen) atoms. The van der Waals surface area contributed by atoms with Gasteiger partial charge >= 0.3 is 0 Å². The van der Waals surface area contributed by atoms with Gasteiger partial charge in [0.25, 0.3) is 0 Å². The maximum Gasteiger partial charge on any atom is 0.184 e. The molecule has 88 valence electrons. The van der Waals surface area contributed by atoms with Gasteiger partial charge in [0, 0.05) is 13.1 Å². The second-order valence-electron chi connectivity index (χ2n) is 4.02. The van der Waals surface area contributed by atoms with Crippen molar-refractivity contribution in [3.63, 3.8) is 0 Å². The van der Waals surface area contributed by atoms with Gasteiger partial charge in [0.2, 0.25) is 0 Å². The molecule has 0 spiro atoms. The van der Waals surface area contributed by atoms with Crippen LogP contribution in [0.3, 0.4) is 0 Å². The van der Waals surface area contributed by atoms with Crippen molar-refractivity contribution < 1.29 is 13.9 Å². The summed E-state index contributed by atoms with van der Waals surface area (Å²) in [7, 11) is 0. The number of halogens is 2. The molecule has 1 aliphatic rings. The van der Waals surface area contributed by atoms with Crippen LogP contribution in [0.5, 0.6) is 0 Å². The number of anilines is 2. The molecule has 1 saturated heterocycles. The number of rotatable bonds is 1. The van der Waals surface area contributed by atoms with Crippen LogP contribution < -0.4 is 10.6 Å². The lowest BCUT2D eigenvalue weighted by Gasteiger charge is -2.32. The largest absolute Gasteiger partial charge is 0.397 e. The Bertz CT molecular complexity index is 390. The van der Waals surface area contributed by atoms with Gasteiger partial charge in [0.1, 0.15) is 0 Å². The number of nitrogens with two attached hydrogens (primary N) is 1. The minimum atomic E-state index is -0.906. The molecular formula is C11H14F2N2O. The maximum atomic E-state index is 13.6. The Hall–Kier alpha value is -1.36. The molecule has 2 rings (SSSR count). The number of hydrogen-bond acceptors (Lipinski definition) is 3. The zero-order valence-electron chi connectivity index (χ0n) is 8.79. The third kappa shape index (κ3) is 1.95. The van der Waals surface area contributed by atoms with Crippen molar-refractivity contribution in [2.75, 3.05) is 23.7 Å². The van der Waals surface area contributed by atoms with E-state index >= 15 is 0 Å². The molecule has 0 radical (unpaired) electrons. The zero-order valence-corrected chi connectivity index (χ0v) is 8.79. The number of nitrogen functional groups attached to an aromatic ring is 1. The third-order valence-electron chi connectivity index (χ3n) is 2.88. The fraction of sp³-hybridized carbons (Fsp3) is 0.455. The van der Waals surface area contributed by atoms with Crippen molar-refractivity contribution in [1.82, 2.24) is 0 Å².